The first-order valence-corrected chi connectivity index (χ1v) is 12.1. The molecule has 39 heavy (non-hydrogen) atoms. The lowest BCUT2D eigenvalue weighted by Gasteiger charge is -2.39. The number of nitrogens with one attached hydrogen (secondary N) is 1. The van der Waals surface area contributed by atoms with Crippen LogP contribution in [-0.4, -0.2) is 79.7 Å². The first-order chi connectivity index (χ1) is 17.4. The maximum atomic E-state index is 11.6. The molecule has 1 N–H and O–H groups in total. The Morgan fingerprint density at radius 2 is 1.21 bits per heavy atom. The van der Waals surface area contributed by atoms with E-state index in [-0.39, 0.29) is 68.5 Å². The second-order valence-corrected chi connectivity index (χ2v) is 10.3. The number of ketones is 2. The molecule has 2 aliphatic heterocycles. The Labute approximate surface area is 232 Å². The highest BCUT2D eigenvalue weighted by Crippen LogP contribution is 2.28. The summed E-state index contributed by atoms with van der Waals surface area (Å²) >= 11 is 0. The molecule has 0 saturated carbocycles. The molecule has 0 aromatic heterocycles. The molecule has 224 valence electrons. The van der Waals surface area contributed by atoms with Crippen LogP contribution in [0.5, 0.6) is 0 Å². The summed E-state index contributed by atoms with van der Waals surface area (Å²) in [6.45, 7) is 10.8. The lowest BCUT2D eigenvalue weighted by molar-refractivity contribution is -0.811. The minimum atomic E-state index is -2.09. The van der Waals surface area contributed by atoms with Crippen molar-refractivity contribution in [2.45, 2.75) is 78.2 Å². The highest BCUT2D eigenvalue weighted by molar-refractivity contribution is 5.89. The van der Waals surface area contributed by atoms with Crippen molar-refractivity contribution < 1.29 is 29.3 Å². The number of hydrogen-bond donors (Lipinski definition) is 1. The first kappa shape index (κ1) is 38.0. The zero-order chi connectivity index (χ0) is 29.8. The normalized spacial score (nSPS) is 17.6. The highest BCUT2D eigenvalue weighted by atomic mass is 35.5. The molecule has 2 heterocycles. The van der Waals surface area contributed by atoms with Gasteiger partial charge in [0, 0.05) is 25.3 Å². The SMILES string of the molecule is C/C=C/C(=O)CC(C)C.CC(C)CC(=O)CC(C)N1CC([N+](=O)[O-])([N+](=O)[O-])C1.Cl.O=[N+]([O-])C1([N+](=O)[O-])CNC1. The predicted octanol–water partition coefficient (Wildman–Crippen LogP) is 2.38. The van der Waals surface area contributed by atoms with Crippen LogP contribution in [0, 0.1) is 52.3 Å². The second kappa shape index (κ2) is 16.8. The lowest BCUT2D eigenvalue weighted by atomic mass is 9.95. The quantitative estimate of drug-likeness (QED) is 0.151. The van der Waals surface area contributed by atoms with Gasteiger partial charge in [-0.05, 0) is 31.8 Å². The van der Waals surface area contributed by atoms with Gasteiger partial charge in [-0.1, -0.05) is 33.8 Å². The van der Waals surface area contributed by atoms with E-state index in [0.717, 1.165) is 0 Å². The summed E-state index contributed by atoms with van der Waals surface area (Å²) in [6, 6.07) is -0.195. The number of halogens is 1. The number of carbonyl (C=O) groups excluding carboxylic acids is 2. The molecule has 0 spiro atoms. The Bertz CT molecular complexity index is 885. The fraction of sp³-hybridized carbons (Fsp3) is 0.818. The van der Waals surface area contributed by atoms with Gasteiger partial charge in [0.05, 0.1) is 0 Å². The van der Waals surface area contributed by atoms with Gasteiger partial charge in [0.1, 0.15) is 51.7 Å². The Morgan fingerprint density at radius 1 is 0.795 bits per heavy atom. The van der Waals surface area contributed by atoms with Crippen LogP contribution in [0.1, 0.15) is 60.8 Å². The van der Waals surface area contributed by atoms with Gasteiger partial charge in [0.15, 0.2) is 5.78 Å². The second-order valence-electron chi connectivity index (χ2n) is 10.3. The summed E-state index contributed by atoms with van der Waals surface area (Å²) in [5, 5.41) is 44.1. The van der Waals surface area contributed by atoms with Crippen molar-refractivity contribution >= 4 is 24.0 Å². The van der Waals surface area contributed by atoms with Crippen LogP contribution >= 0.6 is 12.4 Å². The minimum Gasteiger partial charge on any atom is -0.300 e. The van der Waals surface area contributed by atoms with Gasteiger partial charge in [0.2, 0.25) is 0 Å². The molecule has 2 aliphatic rings. The largest absolute Gasteiger partial charge is 0.482 e. The lowest BCUT2D eigenvalue weighted by Crippen LogP contribution is -2.71. The van der Waals surface area contributed by atoms with Gasteiger partial charge in [-0.2, -0.15) is 0 Å². The number of Topliss-reactive ketones (excluding diaryl/α,β-unsaturated/α-hetero) is 1. The Morgan fingerprint density at radius 3 is 1.46 bits per heavy atom. The van der Waals surface area contributed by atoms with Gasteiger partial charge in [-0.3, -0.25) is 60.3 Å². The van der Waals surface area contributed by atoms with Crippen LogP contribution in [0.25, 0.3) is 0 Å². The third-order valence-corrected chi connectivity index (χ3v) is 5.83. The summed E-state index contributed by atoms with van der Waals surface area (Å²) in [7, 11) is 0. The summed E-state index contributed by atoms with van der Waals surface area (Å²) in [6.07, 6.45) is 4.83. The zero-order valence-electron chi connectivity index (χ0n) is 23.1. The number of carbonyl (C=O) groups is 2. The molecule has 2 rings (SSSR count). The van der Waals surface area contributed by atoms with Gasteiger partial charge in [-0.15, -0.1) is 12.4 Å². The highest BCUT2D eigenvalue weighted by Gasteiger charge is 2.67. The molecule has 2 saturated heterocycles. The van der Waals surface area contributed by atoms with Crippen LogP contribution < -0.4 is 5.32 Å². The van der Waals surface area contributed by atoms with Crippen LogP contribution in [0.15, 0.2) is 12.2 Å². The maximum Gasteiger partial charge on any atom is 0.482 e. The summed E-state index contributed by atoms with van der Waals surface area (Å²) < 4.78 is 0. The van der Waals surface area contributed by atoms with Crippen molar-refractivity contribution in [1.82, 2.24) is 10.2 Å². The number of likely N-dealkylation sites (tertiary alicyclic amines) is 1. The van der Waals surface area contributed by atoms with E-state index in [1.807, 2.05) is 34.6 Å². The fourth-order valence-corrected chi connectivity index (χ4v) is 3.54. The van der Waals surface area contributed by atoms with Crippen molar-refractivity contribution in [3.63, 3.8) is 0 Å². The molecule has 1 atom stereocenters. The fourth-order valence-electron chi connectivity index (χ4n) is 3.54. The minimum absolute atomic E-state index is 0. The number of rotatable bonds is 12. The molecule has 16 nitrogen and oxygen atoms in total. The van der Waals surface area contributed by atoms with E-state index in [4.69, 9.17) is 0 Å². The molecule has 0 radical (unpaired) electrons. The number of hydrogen-bond acceptors (Lipinski definition) is 12. The summed E-state index contributed by atoms with van der Waals surface area (Å²) in [4.78, 5) is 62.3. The zero-order valence-corrected chi connectivity index (χ0v) is 23.9. The molecule has 17 heteroatoms. The molecule has 1 unspecified atom stereocenters. The van der Waals surface area contributed by atoms with E-state index in [1.54, 1.807) is 24.0 Å². The van der Waals surface area contributed by atoms with E-state index < -0.39 is 31.0 Å². The van der Waals surface area contributed by atoms with Gasteiger partial charge < -0.3 is 0 Å². The molecule has 0 amide bonds. The van der Waals surface area contributed by atoms with E-state index in [2.05, 4.69) is 5.32 Å². The van der Waals surface area contributed by atoms with Crippen LogP contribution in [0.4, 0.5) is 0 Å². The van der Waals surface area contributed by atoms with Crippen LogP contribution in [0.3, 0.4) is 0 Å². The summed E-state index contributed by atoms with van der Waals surface area (Å²) in [5.74, 6) is 1.07. The molecule has 0 bridgehead atoms. The van der Waals surface area contributed by atoms with Crippen molar-refractivity contribution in [2.75, 3.05) is 26.2 Å². The topological polar surface area (TPSA) is 222 Å². The van der Waals surface area contributed by atoms with Crippen molar-refractivity contribution in [2.24, 2.45) is 11.8 Å². The third-order valence-electron chi connectivity index (χ3n) is 5.83. The first-order valence-electron chi connectivity index (χ1n) is 12.1. The third kappa shape index (κ3) is 11.3. The van der Waals surface area contributed by atoms with E-state index in [9.17, 15) is 50.0 Å². The predicted molar refractivity (Wildman–Crippen MR) is 143 cm³/mol. The average Bonchev–Trinajstić information content (AvgIpc) is 2.64. The molecular weight excluding hydrogens is 544 g/mol. The Balaban J connectivity index is 0. The maximum absolute atomic E-state index is 11.6. The van der Waals surface area contributed by atoms with E-state index in [0.29, 0.717) is 18.8 Å². The van der Waals surface area contributed by atoms with Gasteiger partial charge in [-0.25, -0.2) is 0 Å². The molecule has 0 aromatic carbocycles. The number of nitro groups is 4. The average molecular weight is 583 g/mol. The Kier molecular flexibility index (Phi) is 16.4. The molecule has 2 fully saturated rings. The standard InChI is InChI=1S/C11H19N3O5.C8H14O.C3H5N3O4.ClH/c1-8(2)4-10(15)5-9(3)12-6-11(7-12,13(16)17)14(18)19;1-4-5-8(9)6-7(2)3;7-5(8)3(6(9)10)1-4-2-3;/h8-9H,4-7H2,1-3H3;4-5,7H,6H2,1-3H3;4H,1-2H2;1H/b;5-4+;;. The molecular formula is C22H39ClN6O10. The van der Waals surface area contributed by atoms with Crippen molar-refractivity contribution in [3.8, 4) is 0 Å². The molecule has 0 aliphatic carbocycles. The van der Waals surface area contributed by atoms with Crippen LogP contribution in [0.2, 0.25) is 0 Å². The summed E-state index contributed by atoms with van der Waals surface area (Å²) in [5.41, 5.74) is -4.03. The Hall–Kier alpha value is -3.11. The molecule has 0 aromatic rings. The van der Waals surface area contributed by atoms with Crippen molar-refractivity contribution in [3.05, 3.63) is 52.6 Å². The van der Waals surface area contributed by atoms with Gasteiger partial charge >= 0.3 is 11.3 Å². The van der Waals surface area contributed by atoms with Gasteiger partial charge in [0.25, 0.3) is 0 Å². The van der Waals surface area contributed by atoms with Crippen LogP contribution in [-0.2, 0) is 9.59 Å². The number of allylic oxidation sites excluding steroid dienone is 2. The monoisotopic (exact) mass is 582 g/mol. The number of nitrogens with zero attached hydrogens (tertiary/aromatic N) is 5. The van der Waals surface area contributed by atoms with E-state index >= 15 is 0 Å². The smallest absolute Gasteiger partial charge is 0.300 e. The van der Waals surface area contributed by atoms with Crippen molar-refractivity contribution in [1.29, 1.82) is 0 Å². The van der Waals surface area contributed by atoms with E-state index in [1.165, 1.54) is 0 Å².